The second-order valence-corrected chi connectivity index (χ2v) is 4.24. The van der Waals surface area contributed by atoms with Gasteiger partial charge in [0.2, 0.25) is 0 Å². The number of hydrogen-bond donors (Lipinski definition) is 2. The molecule has 21 heavy (non-hydrogen) atoms. The average Bonchev–Trinajstić information content (AvgIpc) is 2.48. The van der Waals surface area contributed by atoms with E-state index in [4.69, 9.17) is 4.74 Å². The van der Waals surface area contributed by atoms with E-state index in [-0.39, 0.29) is 12.2 Å². The first-order valence-corrected chi connectivity index (χ1v) is 6.05. The minimum absolute atomic E-state index is 0.0956. The first-order chi connectivity index (χ1) is 10.0. The molecule has 2 aromatic carbocycles. The van der Waals surface area contributed by atoms with Crippen LogP contribution in [-0.2, 0) is 6.54 Å². The van der Waals surface area contributed by atoms with Crippen molar-refractivity contribution in [3.8, 4) is 11.5 Å². The first-order valence-electron chi connectivity index (χ1n) is 6.05. The van der Waals surface area contributed by atoms with Crippen molar-refractivity contribution in [2.45, 2.75) is 6.54 Å². The van der Waals surface area contributed by atoms with Gasteiger partial charge in [0.05, 0.1) is 17.7 Å². The van der Waals surface area contributed by atoms with Crippen LogP contribution < -0.4 is 10.1 Å². The van der Waals surface area contributed by atoms with E-state index >= 15 is 0 Å². The molecule has 0 fully saturated rings. The number of hydrogen-bond acceptors (Lipinski definition) is 5. The maximum atomic E-state index is 13.2. The number of halogens is 1. The van der Waals surface area contributed by atoms with Crippen molar-refractivity contribution in [2.24, 2.45) is 0 Å². The molecule has 0 aliphatic carbocycles. The van der Waals surface area contributed by atoms with Gasteiger partial charge >= 0.3 is 0 Å². The zero-order valence-electron chi connectivity index (χ0n) is 11.2. The quantitative estimate of drug-likeness (QED) is 0.653. The van der Waals surface area contributed by atoms with Gasteiger partial charge in [0.1, 0.15) is 5.75 Å². The summed E-state index contributed by atoms with van der Waals surface area (Å²) in [6.07, 6.45) is 0. The third-order valence-electron chi connectivity index (χ3n) is 2.93. The van der Waals surface area contributed by atoms with Crippen molar-refractivity contribution >= 4 is 11.4 Å². The molecule has 0 saturated carbocycles. The second-order valence-electron chi connectivity index (χ2n) is 4.24. The highest BCUT2D eigenvalue weighted by Gasteiger charge is 2.12. The number of nitrogens with zero attached hydrogens (tertiary/aromatic N) is 1. The molecule has 0 aliphatic rings. The molecule has 0 aliphatic heterocycles. The Balaban J connectivity index is 2.24. The van der Waals surface area contributed by atoms with Crippen molar-refractivity contribution in [1.29, 1.82) is 0 Å². The van der Waals surface area contributed by atoms with Crippen LogP contribution in [0, 0.1) is 15.9 Å². The number of nitro benzene ring substituents is 1. The van der Waals surface area contributed by atoms with Gasteiger partial charge in [-0.2, -0.15) is 0 Å². The molecule has 2 rings (SSSR count). The van der Waals surface area contributed by atoms with Gasteiger partial charge in [0.15, 0.2) is 11.6 Å². The smallest absolute Gasteiger partial charge is 0.271 e. The first kappa shape index (κ1) is 14.6. The molecule has 0 amide bonds. The molecule has 2 aromatic rings. The number of para-hydroxylation sites is 1. The summed E-state index contributed by atoms with van der Waals surface area (Å²) in [4.78, 5) is 10.2. The van der Waals surface area contributed by atoms with Gasteiger partial charge in [-0.05, 0) is 12.1 Å². The maximum absolute atomic E-state index is 13.2. The molecule has 2 N–H and O–H groups in total. The highest BCUT2D eigenvalue weighted by Crippen LogP contribution is 2.30. The van der Waals surface area contributed by atoms with Crippen LogP contribution in [-0.4, -0.2) is 17.1 Å². The van der Waals surface area contributed by atoms with Gasteiger partial charge in [-0.25, -0.2) is 4.39 Å². The molecular formula is C14H13FN2O4. The van der Waals surface area contributed by atoms with Crippen LogP contribution >= 0.6 is 0 Å². The van der Waals surface area contributed by atoms with Gasteiger partial charge in [-0.3, -0.25) is 10.1 Å². The van der Waals surface area contributed by atoms with Crippen molar-refractivity contribution in [1.82, 2.24) is 0 Å². The van der Waals surface area contributed by atoms with Crippen LogP contribution in [0.3, 0.4) is 0 Å². The lowest BCUT2D eigenvalue weighted by atomic mass is 10.2. The minimum atomic E-state index is -0.722. The zero-order chi connectivity index (χ0) is 15.4. The third kappa shape index (κ3) is 3.19. The standard InChI is InChI=1S/C14H13FN2O4/c1-21-13-6-5-10(17(19)20)7-12(13)16-8-9-3-2-4-11(15)14(9)18/h2-7,16,18H,8H2,1H3. The third-order valence-corrected chi connectivity index (χ3v) is 2.93. The van der Waals surface area contributed by atoms with Crippen LogP contribution in [0.5, 0.6) is 11.5 Å². The summed E-state index contributed by atoms with van der Waals surface area (Å²) in [5, 5.41) is 23.3. The van der Waals surface area contributed by atoms with Crippen LogP contribution in [0.15, 0.2) is 36.4 Å². The topological polar surface area (TPSA) is 84.6 Å². The van der Waals surface area contributed by atoms with Gasteiger partial charge in [-0.1, -0.05) is 12.1 Å². The Morgan fingerprint density at radius 3 is 2.81 bits per heavy atom. The van der Waals surface area contributed by atoms with Crippen molar-refractivity contribution in [3.05, 3.63) is 57.9 Å². The molecule has 6 nitrogen and oxygen atoms in total. The number of ether oxygens (including phenoxy) is 1. The van der Waals surface area contributed by atoms with Crippen LogP contribution in [0.1, 0.15) is 5.56 Å². The number of benzene rings is 2. The molecule has 0 bridgehead atoms. The highest BCUT2D eigenvalue weighted by molar-refractivity contribution is 5.61. The van der Waals surface area contributed by atoms with Gasteiger partial charge in [0, 0.05) is 24.2 Å². The van der Waals surface area contributed by atoms with Crippen LogP contribution in [0.2, 0.25) is 0 Å². The second kappa shape index (κ2) is 6.08. The summed E-state index contributed by atoms with van der Waals surface area (Å²) in [6, 6.07) is 8.27. The van der Waals surface area contributed by atoms with Crippen molar-refractivity contribution in [3.63, 3.8) is 0 Å². The number of nitro groups is 1. The van der Waals surface area contributed by atoms with Crippen LogP contribution in [0.4, 0.5) is 15.8 Å². The van der Waals surface area contributed by atoms with E-state index in [1.807, 2.05) is 0 Å². The number of phenolic OH excluding ortho intramolecular Hbond substituents is 1. The summed E-state index contributed by atoms with van der Waals surface area (Å²) in [5.41, 5.74) is 0.626. The lowest BCUT2D eigenvalue weighted by molar-refractivity contribution is -0.384. The van der Waals surface area contributed by atoms with Gasteiger partial charge in [-0.15, -0.1) is 0 Å². The molecule has 0 aromatic heterocycles. The van der Waals surface area contributed by atoms with Gasteiger partial charge in [0.25, 0.3) is 5.69 Å². The molecular weight excluding hydrogens is 279 g/mol. The van der Waals surface area contributed by atoms with Crippen LogP contribution in [0.25, 0.3) is 0 Å². The van der Waals surface area contributed by atoms with E-state index in [1.54, 1.807) is 6.07 Å². The van der Waals surface area contributed by atoms with Crippen molar-refractivity contribution < 1.29 is 19.2 Å². The minimum Gasteiger partial charge on any atom is -0.505 e. The maximum Gasteiger partial charge on any atom is 0.271 e. The Kier molecular flexibility index (Phi) is 4.22. The molecule has 110 valence electrons. The van der Waals surface area contributed by atoms with E-state index in [9.17, 15) is 19.6 Å². The lowest BCUT2D eigenvalue weighted by Crippen LogP contribution is -2.03. The number of rotatable bonds is 5. The van der Waals surface area contributed by atoms with E-state index in [0.717, 1.165) is 6.07 Å². The average molecular weight is 292 g/mol. The summed E-state index contributed by atoms with van der Waals surface area (Å²) in [5.74, 6) is -0.758. The molecule has 0 saturated heterocycles. The van der Waals surface area contributed by atoms with E-state index in [0.29, 0.717) is 17.0 Å². The molecule has 0 heterocycles. The number of methoxy groups -OCH3 is 1. The molecule has 7 heteroatoms. The SMILES string of the molecule is COc1ccc([N+](=O)[O-])cc1NCc1cccc(F)c1O. The Morgan fingerprint density at radius 2 is 2.14 bits per heavy atom. The molecule has 0 unspecified atom stereocenters. The summed E-state index contributed by atoms with van der Waals surface area (Å²) < 4.78 is 18.3. The Labute approximate surface area is 119 Å². The number of aromatic hydroxyl groups is 1. The van der Waals surface area contributed by atoms with E-state index in [1.165, 1.54) is 31.4 Å². The Hall–Kier alpha value is -2.83. The molecule has 0 spiro atoms. The number of phenols is 1. The lowest BCUT2D eigenvalue weighted by Gasteiger charge is -2.12. The zero-order valence-corrected chi connectivity index (χ0v) is 11.2. The fourth-order valence-electron chi connectivity index (χ4n) is 1.84. The summed E-state index contributed by atoms with van der Waals surface area (Å²) in [7, 11) is 1.44. The fraction of sp³-hybridized carbons (Fsp3) is 0.143. The van der Waals surface area contributed by atoms with Crippen molar-refractivity contribution in [2.75, 3.05) is 12.4 Å². The highest BCUT2D eigenvalue weighted by atomic mass is 19.1. The van der Waals surface area contributed by atoms with E-state index < -0.39 is 16.5 Å². The predicted octanol–water partition coefficient (Wildman–Crippen LogP) is 3.06. The van der Waals surface area contributed by atoms with E-state index in [2.05, 4.69) is 5.32 Å². The summed E-state index contributed by atoms with van der Waals surface area (Å²) >= 11 is 0. The Bertz CT molecular complexity index is 676. The normalized spacial score (nSPS) is 10.2. The van der Waals surface area contributed by atoms with Gasteiger partial charge < -0.3 is 15.2 Å². The Morgan fingerprint density at radius 1 is 1.38 bits per heavy atom. The monoisotopic (exact) mass is 292 g/mol. The number of nitrogens with one attached hydrogen (secondary N) is 1. The summed E-state index contributed by atoms with van der Waals surface area (Å²) in [6.45, 7) is 0.0983. The number of anilines is 1. The number of non-ortho nitro benzene ring substituents is 1. The molecule has 0 atom stereocenters. The largest absolute Gasteiger partial charge is 0.505 e. The predicted molar refractivity (Wildman–Crippen MR) is 75.0 cm³/mol. The fourth-order valence-corrected chi connectivity index (χ4v) is 1.84. The molecule has 0 radical (unpaired) electrons.